The van der Waals surface area contributed by atoms with Gasteiger partial charge in [-0.15, -0.1) is 0 Å². The van der Waals surface area contributed by atoms with E-state index in [-0.39, 0.29) is 17.1 Å². The number of ether oxygens (including phenoxy) is 1. The predicted octanol–water partition coefficient (Wildman–Crippen LogP) is 1.30. The van der Waals surface area contributed by atoms with Crippen molar-refractivity contribution in [2.45, 2.75) is 31.0 Å². The van der Waals surface area contributed by atoms with Gasteiger partial charge in [-0.05, 0) is 26.0 Å². The van der Waals surface area contributed by atoms with Gasteiger partial charge in [-0.25, -0.2) is 8.42 Å². The highest BCUT2D eigenvalue weighted by molar-refractivity contribution is 7.89. The first kappa shape index (κ1) is 14.2. The first-order valence-corrected chi connectivity index (χ1v) is 7.58. The Labute approximate surface area is 113 Å². The molecule has 104 valence electrons. The van der Waals surface area contributed by atoms with E-state index in [1.54, 1.807) is 0 Å². The van der Waals surface area contributed by atoms with Crippen LogP contribution in [0.2, 0.25) is 0 Å². The Morgan fingerprint density at radius 2 is 1.68 bits per heavy atom. The molecule has 0 bridgehead atoms. The van der Waals surface area contributed by atoms with Crippen LogP contribution in [0.3, 0.4) is 0 Å². The molecule has 1 aromatic rings. The average molecular weight is 283 g/mol. The largest absolute Gasteiger partial charge is 0.373 e. The quantitative estimate of drug-likeness (QED) is 0.784. The number of sulfonamides is 1. The van der Waals surface area contributed by atoms with Gasteiger partial charge in [0.2, 0.25) is 10.0 Å². The maximum absolute atomic E-state index is 12.5. The van der Waals surface area contributed by atoms with E-state index in [1.807, 2.05) is 13.8 Å². The fraction of sp³-hybridized carbons (Fsp3) is 0.462. The Kier molecular flexibility index (Phi) is 4.03. The van der Waals surface area contributed by atoms with Crippen LogP contribution in [0, 0.1) is 0 Å². The molecule has 1 aliphatic rings. The van der Waals surface area contributed by atoms with Crippen molar-refractivity contribution in [3.05, 3.63) is 29.8 Å². The van der Waals surface area contributed by atoms with Crippen molar-refractivity contribution in [2.75, 3.05) is 13.1 Å². The number of morpholine rings is 1. The summed E-state index contributed by atoms with van der Waals surface area (Å²) in [7, 11) is -3.52. The summed E-state index contributed by atoms with van der Waals surface area (Å²) in [4.78, 5) is 10.8. The third kappa shape index (κ3) is 3.02. The van der Waals surface area contributed by atoms with Gasteiger partial charge in [-0.1, -0.05) is 12.1 Å². The lowest BCUT2D eigenvalue weighted by Gasteiger charge is -2.34. The molecule has 0 spiro atoms. The summed E-state index contributed by atoms with van der Waals surface area (Å²) in [6.07, 6.45) is 0.454. The zero-order valence-corrected chi connectivity index (χ0v) is 11.8. The summed E-state index contributed by atoms with van der Waals surface area (Å²) in [6.45, 7) is 4.41. The molecule has 5 nitrogen and oxygen atoms in total. The minimum atomic E-state index is -3.52. The van der Waals surface area contributed by atoms with E-state index in [2.05, 4.69) is 0 Å². The van der Waals surface area contributed by atoms with Crippen LogP contribution in [0.5, 0.6) is 0 Å². The Bertz CT molecular complexity index is 543. The van der Waals surface area contributed by atoms with Crippen LogP contribution < -0.4 is 0 Å². The van der Waals surface area contributed by atoms with Crippen LogP contribution in [-0.4, -0.2) is 44.3 Å². The van der Waals surface area contributed by atoms with Crippen molar-refractivity contribution in [1.82, 2.24) is 4.31 Å². The Balaban J connectivity index is 2.27. The second kappa shape index (κ2) is 5.40. The zero-order chi connectivity index (χ0) is 14.0. The number of carbonyl (C=O) groups is 1. The van der Waals surface area contributed by atoms with Crippen LogP contribution >= 0.6 is 0 Å². The highest BCUT2D eigenvalue weighted by atomic mass is 32.2. The maximum Gasteiger partial charge on any atom is 0.243 e. The number of hydrogen-bond acceptors (Lipinski definition) is 4. The van der Waals surface area contributed by atoms with Crippen LogP contribution in [0.25, 0.3) is 0 Å². The van der Waals surface area contributed by atoms with Gasteiger partial charge >= 0.3 is 0 Å². The lowest BCUT2D eigenvalue weighted by molar-refractivity contribution is -0.0440. The molecule has 0 aliphatic carbocycles. The highest BCUT2D eigenvalue weighted by Gasteiger charge is 2.31. The number of aldehydes is 1. The summed E-state index contributed by atoms with van der Waals surface area (Å²) < 4.78 is 31.9. The van der Waals surface area contributed by atoms with E-state index >= 15 is 0 Å². The Morgan fingerprint density at radius 3 is 2.16 bits per heavy atom. The van der Waals surface area contributed by atoms with Crippen LogP contribution in [0.15, 0.2) is 29.2 Å². The summed E-state index contributed by atoms with van der Waals surface area (Å²) in [6, 6.07) is 5.94. The van der Waals surface area contributed by atoms with Gasteiger partial charge in [0, 0.05) is 18.7 Å². The van der Waals surface area contributed by atoms with E-state index < -0.39 is 10.0 Å². The summed E-state index contributed by atoms with van der Waals surface area (Å²) >= 11 is 0. The van der Waals surface area contributed by atoms with E-state index in [4.69, 9.17) is 4.74 Å². The number of rotatable bonds is 3. The molecule has 1 aromatic carbocycles. The summed E-state index contributed by atoms with van der Waals surface area (Å²) in [5, 5.41) is 0. The summed E-state index contributed by atoms with van der Waals surface area (Å²) in [5.41, 5.74) is 0.461. The molecule has 1 heterocycles. The fourth-order valence-electron chi connectivity index (χ4n) is 2.19. The third-order valence-corrected chi connectivity index (χ3v) is 4.89. The van der Waals surface area contributed by atoms with Crippen molar-refractivity contribution in [3.63, 3.8) is 0 Å². The predicted molar refractivity (Wildman–Crippen MR) is 70.6 cm³/mol. The molecule has 0 amide bonds. The molecule has 2 unspecified atom stereocenters. The molecule has 2 rings (SSSR count). The van der Waals surface area contributed by atoms with E-state index in [9.17, 15) is 13.2 Å². The molecule has 6 heteroatoms. The molecule has 2 atom stereocenters. The Morgan fingerprint density at radius 1 is 1.16 bits per heavy atom. The van der Waals surface area contributed by atoms with E-state index in [0.29, 0.717) is 24.9 Å². The van der Waals surface area contributed by atoms with Crippen molar-refractivity contribution >= 4 is 16.3 Å². The minimum absolute atomic E-state index is 0.118. The highest BCUT2D eigenvalue weighted by Crippen LogP contribution is 2.21. The van der Waals surface area contributed by atoms with Crippen LogP contribution in [0.1, 0.15) is 24.2 Å². The molecule has 1 aliphatic heterocycles. The Hall–Kier alpha value is -1.24. The van der Waals surface area contributed by atoms with E-state index in [1.165, 1.54) is 28.6 Å². The SMILES string of the molecule is CC1CN(S(=O)(=O)c2ccc(C=O)cc2)CC(C)O1. The molecule has 1 saturated heterocycles. The molecule has 19 heavy (non-hydrogen) atoms. The summed E-state index contributed by atoms with van der Waals surface area (Å²) in [5.74, 6) is 0. The molecule has 0 aromatic heterocycles. The van der Waals surface area contributed by atoms with Gasteiger partial charge in [0.25, 0.3) is 0 Å². The van der Waals surface area contributed by atoms with E-state index in [0.717, 1.165) is 0 Å². The monoisotopic (exact) mass is 283 g/mol. The molecule has 1 fully saturated rings. The second-order valence-corrected chi connectivity index (χ2v) is 6.70. The van der Waals surface area contributed by atoms with Gasteiger partial charge in [0.05, 0.1) is 17.1 Å². The van der Waals surface area contributed by atoms with Crippen molar-refractivity contribution in [1.29, 1.82) is 0 Å². The van der Waals surface area contributed by atoms with Gasteiger partial charge in [0.1, 0.15) is 6.29 Å². The first-order valence-electron chi connectivity index (χ1n) is 6.14. The van der Waals surface area contributed by atoms with Crippen molar-refractivity contribution in [3.8, 4) is 0 Å². The fourth-order valence-corrected chi connectivity index (χ4v) is 3.78. The number of nitrogens with zero attached hydrogens (tertiary/aromatic N) is 1. The van der Waals surface area contributed by atoms with Crippen molar-refractivity contribution in [2.24, 2.45) is 0 Å². The smallest absolute Gasteiger partial charge is 0.243 e. The molecule has 0 N–H and O–H groups in total. The average Bonchev–Trinajstić information content (AvgIpc) is 2.37. The molecular formula is C13H17NO4S. The molecule has 0 radical (unpaired) electrons. The normalized spacial score (nSPS) is 25.2. The van der Waals surface area contributed by atoms with Gasteiger partial charge in [-0.2, -0.15) is 4.31 Å². The van der Waals surface area contributed by atoms with Crippen LogP contribution in [-0.2, 0) is 14.8 Å². The molecule has 0 saturated carbocycles. The lowest BCUT2D eigenvalue weighted by atomic mass is 10.2. The van der Waals surface area contributed by atoms with Gasteiger partial charge in [0.15, 0.2) is 0 Å². The molecular weight excluding hydrogens is 266 g/mol. The van der Waals surface area contributed by atoms with Crippen LogP contribution in [0.4, 0.5) is 0 Å². The topological polar surface area (TPSA) is 63.7 Å². The maximum atomic E-state index is 12.5. The number of carbonyl (C=O) groups excluding carboxylic acids is 1. The van der Waals surface area contributed by atoms with Gasteiger partial charge < -0.3 is 4.74 Å². The number of hydrogen-bond donors (Lipinski definition) is 0. The van der Waals surface area contributed by atoms with Crippen molar-refractivity contribution < 1.29 is 17.9 Å². The standard InChI is InChI=1S/C13H17NO4S/c1-10-7-14(8-11(2)18-10)19(16,17)13-5-3-12(9-15)4-6-13/h3-6,9-11H,7-8H2,1-2H3. The minimum Gasteiger partial charge on any atom is -0.373 e. The third-order valence-electron chi connectivity index (χ3n) is 3.04. The second-order valence-electron chi connectivity index (χ2n) is 4.77. The van der Waals surface area contributed by atoms with Gasteiger partial charge in [-0.3, -0.25) is 4.79 Å². The lowest BCUT2D eigenvalue weighted by Crippen LogP contribution is -2.48. The first-order chi connectivity index (χ1) is 8.93. The zero-order valence-electron chi connectivity index (χ0n) is 10.9. The number of benzene rings is 1.